The van der Waals surface area contributed by atoms with E-state index >= 15 is 0 Å². The Morgan fingerprint density at radius 3 is 2.19 bits per heavy atom. The first-order valence-corrected chi connectivity index (χ1v) is 10.6. The second kappa shape index (κ2) is 8.10. The molecule has 1 unspecified atom stereocenters. The van der Waals surface area contributed by atoms with Crippen LogP contribution in [0.5, 0.6) is 5.75 Å². The van der Waals surface area contributed by atoms with Gasteiger partial charge in [-0.1, -0.05) is 11.6 Å². The highest BCUT2D eigenvalue weighted by Crippen LogP contribution is 2.17. The molecule has 0 spiro atoms. The Labute approximate surface area is 162 Å². The van der Waals surface area contributed by atoms with E-state index in [4.69, 9.17) is 16.3 Å². The van der Waals surface area contributed by atoms with Gasteiger partial charge in [0.25, 0.3) is 5.91 Å². The average Bonchev–Trinajstić information content (AvgIpc) is 2.99. The molecule has 6 nitrogen and oxygen atoms in total. The number of ketones is 1. The smallest absolute Gasteiger partial charge is 0.258 e. The zero-order chi connectivity index (χ0) is 19.4. The maximum Gasteiger partial charge on any atom is 0.258 e. The third kappa shape index (κ3) is 5.30. The minimum Gasteiger partial charge on any atom is -0.484 e. The highest BCUT2D eigenvalue weighted by Gasteiger charge is 2.28. The summed E-state index contributed by atoms with van der Waals surface area (Å²) in [6.45, 7) is -0.221. The first-order valence-electron chi connectivity index (χ1n) is 8.35. The molecule has 27 heavy (non-hydrogen) atoms. The van der Waals surface area contributed by atoms with Gasteiger partial charge in [0.1, 0.15) is 5.75 Å². The Kier molecular flexibility index (Phi) is 5.82. The average molecular weight is 408 g/mol. The summed E-state index contributed by atoms with van der Waals surface area (Å²) in [5.41, 5.74) is 1.02. The molecule has 3 rings (SSSR count). The maximum atomic E-state index is 12.4. The summed E-state index contributed by atoms with van der Waals surface area (Å²) in [4.78, 5) is 24.3. The van der Waals surface area contributed by atoms with Crippen molar-refractivity contribution in [2.45, 2.75) is 12.5 Å². The van der Waals surface area contributed by atoms with Crippen molar-refractivity contribution >= 4 is 33.1 Å². The van der Waals surface area contributed by atoms with Gasteiger partial charge in [-0.05, 0) is 55.0 Å². The van der Waals surface area contributed by atoms with Crippen molar-refractivity contribution in [2.24, 2.45) is 0 Å². The molecule has 0 aliphatic carbocycles. The molecule has 8 heteroatoms. The van der Waals surface area contributed by atoms with E-state index in [9.17, 15) is 18.0 Å². The lowest BCUT2D eigenvalue weighted by Crippen LogP contribution is -2.38. The Balaban J connectivity index is 1.52. The fourth-order valence-corrected chi connectivity index (χ4v) is 4.60. The summed E-state index contributed by atoms with van der Waals surface area (Å²) < 4.78 is 28.2. The molecule has 1 aliphatic rings. The van der Waals surface area contributed by atoms with Crippen LogP contribution in [0.4, 0.5) is 0 Å². The fraction of sp³-hybridized carbons (Fsp3) is 0.263. The van der Waals surface area contributed by atoms with Crippen LogP contribution >= 0.6 is 11.6 Å². The maximum absolute atomic E-state index is 12.4. The monoisotopic (exact) mass is 407 g/mol. The molecule has 0 radical (unpaired) electrons. The number of amides is 1. The van der Waals surface area contributed by atoms with E-state index in [1.807, 2.05) is 0 Å². The number of halogens is 1. The molecule has 2 aromatic carbocycles. The van der Waals surface area contributed by atoms with Crippen LogP contribution in [-0.4, -0.2) is 44.3 Å². The van der Waals surface area contributed by atoms with Gasteiger partial charge >= 0.3 is 0 Å². The minimum absolute atomic E-state index is 0.0275. The molecule has 1 aliphatic heterocycles. The molecule has 1 fully saturated rings. The molecular formula is C19H18ClNO5S. The molecule has 1 atom stereocenters. The number of rotatable bonds is 6. The quantitative estimate of drug-likeness (QED) is 0.742. The van der Waals surface area contributed by atoms with Crippen LogP contribution in [-0.2, 0) is 14.6 Å². The van der Waals surface area contributed by atoms with Crippen LogP contribution < -0.4 is 10.1 Å². The second-order valence-corrected chi connectivity index (χ2v) is 8.98. The number of carbonyl (C=O) groups is 2. The van der Waals surface area contributed by atoms with E-state index in [-0.39, 0.29) is 35.8 Å². The lowest BCUT2D eigenvalue weighted by atomic mass is 10.0. The molecule has 0 aromatic heterocycles. The number of hydrogen-bond acceptors (Lipinski definition) is 5. The SMILES string of the molecule is O=C(COc1ccc(C(=O)c2ccc(Cl)cc2)cc1)NC1CCS(=O)(=O)C1. The van der Waals surface area contributed by atoms with Crippen LogP contribution in [0.15, 0.2) is 48.5 Å². The number of sulfone groups is 1. The summed E-state index contributed by atoms with van der Waals surface area (Å²) in [6.07, 6.45) is 0.426. The van der Waals surface area contributed by atoms with Crippen LogP contribution in [0.3, 0.4) is 0 Å². The van der Waals surface area contributed by atoms with Gasteiger partial charge in [0.15, 0.2) is 22.2 Å². The predicted molar refractivity (Wildman–Crippen MR) is 102 cm³/mol. The predicted octanol–water partition coefficient (Wildman–Crippen LogP) is 2.25. The van der Waals surface area contributed by atoms with Gasteiger partial charge < -0.3 is 10.1 Å². The molecule has 1 amide bonds. The van der Waals surface area contributed by atoms with Crippen LogP contribution in [0.2, 0.25) is 5.02 Å². The van der Waals surface area contributed by atoms with Gasteiger partial charge in [0, 0.05) is 22.2 Å². The lowest BCUT2D eigenvalue weighted by molar-refractivity contribution is -0.123. The molecule has 0 saturated carbocycles. The number of carbonyl (C=O) groups excluding carboxylic acids is 2. The van der Waals surface area contributed by atoms with Crippen LogP contribution in [0.1, 0.15) is 22.3 Å². The Morgan fingerprint density at radius 1 is 1.04 bits per heavy atom. The van der Waals surface area contributed by atoms with Gasteiger partial charge in [-0.2, -0.15) is 0 Å². The van der Waals surface area contributed by atoms with Crippen molar-refractivity contribution in [3.8, 4) is 5.75 Å². The van der Waals surface area contributed by atoms with Crippen LogP contribution in [0.25, 0.3) is 0 Å². The van der Waals surface area contributed by atoms with E-state index in [1.54, 1.807) is 48.5 Å². The summed E-state index contributed by atoms with van der Waals surface area (Å²) in [5.74, 6) is -0.00372. The zero-order valence-electron chi connectivity index (χ0n) is 14.4. The van der Waals surface area contributed by atoms with Crippen molar-refractivity contribution < 1.29 is 22.7 Å². The molecule has 0 bridgehead atoms. The number of ether oxygens (including phenoxy) is 1. The van der Waals surface area contributed by atoms with E-state index in [0.717, 1.165) is 0 Å². The van der Waals surface area contributed by atoms with E-state index in [2.05, 4.69) is 5.32 Å². The Hall–Kier alpha value is -2.38. The van der Waals surface area contributed by atoms with E-state index in [0.29, 0.717) is 28.3 Å². The number of hydrogen-bond donors (Lipinski definition) is 1. The van der Waals surface area contributed by atoms with Crippen molar-refractivity contribution in [3.05, 3.63) is 64.7 Å². The van der Waals surface area contributed by atoms with Crippen LogP contribution in [0, 0.1) is 0 Å². The van der Waals surface area contributed by atoms with Crippen molar-refractivity contribution in [1.82, 2.24) is 5.32 Å². The normalized spacial score (nSPS) is 18.0. The second-order valence-electron chi connectivity index (χ2n) is 6.32. The third-order valence-corrected chi connectivity index (χ3v) is 6.21. The lowest BCUT2D eigenvalue weighted by Gasteiger charge is -2.11. The van der Waals surface area contributed by atoms with E-state index in [1.165, 1.54) is 0 Å². The largest absolute Gasteiger partial charge is 0.484 e. The highest BCUT2D eigenvalue weighted by atomic mass is 35.5. The first-order chi connectivity index (χ1) is 12.8. The van der Waals surface area contributed by atoms with Crippen molar-refractivity contribution in [3.63, 3.8) is 0 Å². The fourth-order valence-electron chi connectivity index (χ4n) is 2.80. The van der Waals surface area contributed by atoms with E-state index < -0.39 is 9.84 Å². The Morgan fingerprint density at radius 2 is 1.63 bits per heavy atom. The van der Waals surface area contributed by atoms with Gasteiger partial charge in [-0.15, -0.1) is 0 Å². The first kappa shape index (κ1) is 19.4. The van der Waals surface area contributed by atoms with Gasteiger partial charge in [0.2, 0.25) is 0 Å². The number of benzene rings is 2. The summed E-state index contributed by atoms with van der Waals surface area (Å²) in [7, 11) is -3.04. The summed E-state index contributed by atoms with van der Waals surface area (Å²) >= 11 is 5.82. The molecule has 142 valence electrons. The molecule has 1 N–H and O–H groups in total. The molecule has 1 saturated heterocycles. The molecule has 1 heterocycles. The van der Waals surface area contributed by atoms with Gasteiger partial charge in [0.05, 0.1) is 11.5 Å². The third-order valence-electron chi connectivity index (χ3n) is 4.19. The molecular weight excluding hydrogens is 390 g/mol. The summed E-state index contributed by atoms with van der Waals surface area (Å²) in [6, 6.07) is 12.7. The zero-order valence-corrected chi connectivity index (χ0v) is 15.9. The van der Waals surface area contributed by atoms with Gasteiger partial charge in [-0.25, -0.2) is 8.42 Å². The van der Waals surface area contributed by atoms with Crippen molar-refractivity contribution in [1.29, 1.82) is 0 Å². The van der Waals surface area contributed by atoms with Crippen molar-refractivity contribution in [2.75, 3.05) is 18.1 Å². The highest BCUT2D eigenvalue weighted by molar-refractivity contribution is 7.91. The topological polar surface area (TPSA) is 89.5 Å². The molecule has 2 aromatic rings. The number of nitrogens with one attached hydrogen (secondary N) is 1. The Bertz CT molecular complexity index is 939. The summed E-state index contributed by atoms with van der Waals surface area (Å²) in [5, 5.41) is 3.21. The van der Waals surface area contributed by atoms with Gasteiger partial charge in [-0.3, -0.25) is 9.59 Å². The minimum atomic E-state index is -3.04. The standard InChI is InChI=1S/C19H18ClNO5S/c20-15-5-1-13(2-6-15)19(23)14-3-7-17(8-4-14)26-11-18(22)21-16-9-10-27(24,25)12-16/h1-8,16H,9-12H2,(H,21,22).